The molecule has 68 valence electrons. The monoisotopic (exact) mass is 169 g/mol. The summed E-state index contributed by atoms with van der Waals surface area (Å²) in [4.78, 5) is 0. The van der Waals surface area contributed by atoms with Gasteiger partial charge in [-0.15, -0.1) is 0 Å². The lowest BCUT2D eigenvalue weighted by molar-refractivity contribution is -0.0413. The van der Waals surface area contributed by atoms with Crippen LogP contribution < -0.4 is 5.73 Å². The fraction of sp³-hybridized carbons (Fsp3) is 0.333. The Balaban J connectivity index is 0.000000217. The maximum Gasteiger partial charge on any atom is 0.151 e. The molecule has 4 N–H and O–H groups in total. The molecule has 0 aromatic heterocycles. The Morgan fingerprint density at radius 3 is 1.83 bits per heavy atom. The fourth-order valence-corrected chi connectivity index (χ4v) is 0.453. The number of hydrogen-bond acceptors (Lipinski definition) is 3. The predicted molar refractivity (Wildman–Crippen MR) is 49.4 cm³/mol. The van der Waals surface area contributed by atoms with E-state index in [4.69, 9.17) is 15.9 Å². The van der Waals surface area contributed by atoms with Crippen molar-refractivity contribution in [3.05, 3.63) is 30.3 Å². The van der Waals surface area contributed by atoms with Crippen LogP contribution in [-0.2, 0) is 0 Å². The molecule has 0 atom stereocenters. The van der Waals surface area contributed by atoms with Crippen molar-refractivity contribution in [3.63, 3.8) is 0 Å². The molecule has 0 aliphatic rings. The van der Waals surface area contributed by atoms with Crippen LogP contribution in [0.2, 0.25) is 0 Å². The zero-order chi connectivity index (χ0) is 9.40. The highest BCUT2D eigenvalue weighted by Crippen LogP contribution is 1.95. The molecule has 0 saturated carbocycles. The number of nitrogens with two attached hydrogens (primary N) is 1. The number of aliphatic hydroxyl groups is 2. The van der Waals surface area contributed by atoms with Gasteiger partial charge in [0.15, 0.2) is 6.29 Å². The summed E-state index contributed by atoms with van der Waals surface area (Å²) in [5, 5.41) is 15.8. The smallest absolute Gasteiger partial charge is 0.151 e. The highest BCUT2D eigenvalue weighted by atomic mass is 16.5. The largest absolute Gasteiger partial charge is 0.399 e. The summed E-state index contributed by atoms with van der Waals surface area (Å²) in [6.45, 7) is 1.70. The van der Waals surface area contributed by atoms with Gasteiger partial charge in [0.2, 0.25) is 0 Å². The number of aliphatic hydroxyl groups excluding tert-OH is 1. The van der Waals surface area contributed by atoms with Crippen LogP contribution in [0.25, 0.3) is 0 Å². The van der Waals surface area contributed by atoms with Crippen molar-refractivity contribution in [1.29, 1.82) is 0 Å². The molecule has 0 spiro atoms. The first-order valence-corrected chi connectivity index (χ1v) is 3.83. The minimum Gasteiger partial charge on any atom is -0.399 e. The van der Waals surface area contributed by atoms with Crippen molar-refractivity contribution in [3.8, 4) is 0 Å². The van der Waals surface area contributed by atoms with Crippen molar-refractivity contribution < 1.29 is 10.2 Å². The van der Waals surface area contributed by atoms with Crippen molar-refractivity contribution in [2.45, 2.75) is 19.6 Å². The Hall–Kier alpha value is -1.06. The van der Waals surface area contributed by atoms with Crippen molar-refractivity contribution in [2.75, 3.05) is 5.73 Å². The number of anilines is 1. The molecule has 0 aliphatic carbocycles. The van der Waals surface area contributed by atoms with E-state index in [0.29, 0.717) is 6.42 Å². The standard InChI is InChI=1S/C6H7N.C3H8O2/c7-6-4-2-1-3-5-6;1-2-3(4)5/h1-5H,7H2;3-5H,2H2,1H3. The zero-order valence-electron chi connectivity index (χ0n) is 7.14. The van der Waals surface area contributed by atoms with Crippen molar-refractivity contribution in [1.82, 2.24) is 0 Å². The summed E-state index contributed by atoms with van der Waals surface area (Å²) in [5.74, 6) is 0. The summed E-state index contributed by atoms with van der Waals surface area (Å²) >= 11 is 0. The van der Waals surface area contributed by atoms with Gasteiger partial charge < -0.3 is 15.9 Å². The highest BCUT2D eigenvalue weighted by molar-refractivity contribution is 5.35. The first kappa shape index (κ1) is 10.9. The van der Waals surface area contributed by atoms with Gasteiger partial charge in [0, 0.05) is 5.69 Å². The summed E-state index contributed by atoms with van der Waals surface area (Å²) in [6.07, 6.45) is -0.699. The molecule has 1 aromatic rings. The highest BCUT2D eigenvalue weighted by Gasteiger charge is 1.83. The van der Waals surface area contributed by atoms with Gasteiger partial charge in [0.05, 0.1) is 0 Å². The van der Waals surface area contributed by atoms with E-state index >= 15 is 0 Å². The summed E-state index contributed by atoms with van der Waals surface area (Å²) in [6, 6.07) is 9.49. The molecule has 3 heteroatoms. The van der Waals surface area contributed by atoms with Gasteiger partial charge >= 0.3 is 0 Å². The Labute approximate surface area is 72.5 Å². The van der Waals surface area contributed by atoms with Gasteiger partial charge in [0.25, 0.3) is 0 Å². The summed E-state index contributed by atoms with van der Waals surface area (Å²) < 4.78 is 0. The fourth-order valence-electron chi connectivity index (χ4n) is 0.453. The van der Waals surface area contributed by atoms with Crippen molar-refractivity contribution >= 4 is 5.69 Å². The SMILES string of the molecule is CCC(O)O.Nc1ccccc1. The van der Waals surface area contributed by atoms with Gasteiger partial charge in [-0.2, -0.15) is 0 Å². The van der Waals surface area contributed by atoms with E-state index in [1.807, 2.05) is 30.3 Å². The van der Waals surface area contributed by atoms with Crippen LogP contribution >= 0.6 is 0 Å². The lowest BCUT2D eigenvalue weighted by Gasteiger charge is -1.90. The predicted octanol–water partition coefficient (Wildman–Crippen LogP) is 0.976. The molecule has 12 heavy (non-hydrogen) atoms. The third kappa shape index (κ3) is 7.05. The first-order valence-electron chi connectivity index (χ1n) is 3.83. The molecule has 0 unspecified atom stereocenters. The molecule has 0 fully saturated rings. The van der Waals surface area contributed by atoms with Crippen LogP contribution in [0.3, 0.4) is 0 Å². The summed E-state index contributed by atoms with van der Waals surface area (Å²) in [7, 11) is 0. The van der Waals surface area contributed by atoms with E-state index in [1.165, 1.54) is 0 Å². The Bertz CT molecular complexity index is 187. The van der Waals surface area contributed by atoms with Crippen molar-refractivity contribution in [2.24, 2.45) is 0 Å². The molecule has 3 nitrogen and oxygen atoms in total. The third-order valence-corrected chi connectivity index (χ3v) is 1.16. The third-order valence-electron chi connectivity index (χ3n) is 1.16. The second-order valence-electron chi connectivity index (χ2n) is 2.30. The van der Waals surface area contributed by atoms with Crippen LogP contribution in [0.4, 0.5) is 5.69 Å². The Kier molecular flexibility index (Phi) is 6.05. The second-order valence-corrected chi connectivity index (χ2v) is 2.30. The van der Waals surface area contributed by atoms with E-state index in [2.05, 4.69) is 0 Å². The molecule has 0 bridgehead atoms. The van der Waals surface area contributed by atoms with Crippen LogP contribution in [0.15, 0.2) is 30.3 Å². The molecular weight excluding hydrogens is 154 g/mol. The minimum atomic E-state index is -1.12. The minimum absolute atomic E-state index is 0.417. The number of para-hydroxylation sites is 1. The molecule has 0 heterocycles. The second kappa shape index (κ2) is 6.64. The average Bonchev–Trinajstić information content (AvgIpc) is 2.07. The van der Waals surface area contributed by atoms with Gasteiger partial charge in [-0.1, -0.05) is 25.1 Å². The molecule has 0 radical (unpaired) electrons. The van der Waals surface area contributed by atoms with E-state index < -0.39 is 6.29 Å². The van der Waals surface area contributed by atoms with Crippen LogP contribution in [0, 0.1) is 0 Å². The number of benzene rings is 1. The Morgan fingerprint density at radius 1 is 1.25 bits per heavy atom. The van der Waals surface area contributed by atoms with Crippen LogP contribution in [-0.4, -0.2) is 16.5 Å². The first-order chi connectivity index (χ1) is 5.66. The van der Waals surface area contributed by atoms with Gasteiger partial charge in [0.1, 0.15) is 0 Å². The lowest BCUT2D eigenvalue weighted by Crippen LogP contribution is -1.99. The van der Waals surface area contributed by atoms with Gasteiger partial charge in [-0.05, 0) is 18.6 Å². The molecule has 0 aliphatic heterocycles. The van der Waals surface area contributed by atoms with Crippen LogP contribution in [0.1, 0.15) is 13.3 Å². The maximum absolute atomic E-state index is 7.92. The normalized spacial score (nSPS) is 9.00. The number of rotatable bonds is 1. The van der Waals surface area contributed by atoms with Gasteiger partial charge in [-0.3, -0.25) is 0 Å². The van der Waals surface area contributed by atoms with Crippen LogP contribution in [0.5, 0.6) is 0 Å². The summed E-state index contributed by atoms with van der Waals surface area (Å²) in [5.41, 5.74) is 6.18. The van der Waals surface area contributed by atoms with E-state index in [-0.39, 0.29) is 0 Å². The number of nitrogen functional groups attached to an aromatic ring is 1. The lowest BCUT2D eigenvalue weighted by atomic mass is 10.3. The average molecular weight is 169 g/mol. The molecule has 1 rings (SSSR count). The van der Waals surface area contributed by atoms with E-state index in [1.54, 1.807) is 6.92 Å². The molecule has 1 aromatic carbocycles. The number of hydrogen-bond donors (Lipinski definition) is 3. The molecular formula is C9H15NO2. The topological polar surface area (TPSA) is 66.5 Å². The Morgan fingerprint density at radius 2 is 1.67 bits per heavy atom. The van der Waals surface area contributed by atoms with E-state index in [9.17, 15) is 0 Å². The zero-order valence-corrected chi connectivity index (χ0v) is 7.14. The maximum atomic E-state index is 7.92. The molecule has 0 amide bonds. The van der Waals surface area contributed by atoms with Gasteiger partial charge in [-0.25, -0.2) is 0 Å². The quantitative estimate of drug-likeness (QED) is 0.433. The molecule has 0 saturated heterocycles. The van der Waals surface area contributed by atoms with E-state index in [0.717, 1.165) is 5.69 Å².